The summed E-state index contributed by atoms with van der Waals surface area (Å²) in [4.78, 5) is 22.8. The molecule has 1 aromatic carbocycles. The van der Waals surface area contributed by atoms with Crippen LogP contribution in [0.2, 0.25) is 0 Å². The van der Waals surface area contributed by atoms with E-state index in [-0.39, 0.29) is 11.1 Å². The molecule has 5 heteroatoms. The Hall–Kier alpha value is -1.88. The van der Waals surface area contributed by atoms with Gasteiger partial charge in [0.25, 0.3) is 5.56 Å². The molecule has 0 unspecified atom stereocenters. The number of aromatic carboxylic acids is 1. The molecule has 1 N–H and O–H groups in total. The molecule has 0 saturated carbocycles. The molecule has 20 heavy (non-hydrogen) atoms. The molecule has 0 amide bonds. The van der Waals surface area contributed by atoms with E-state index in [1.807, 2.05) is 13.0 Å². The standard InChI is InChI=1S/C15H14BrNO3/c1-10-2-7-13(16)14(18)17(10)9-8-11-3-5-12(6-4-11)15(19)20/h2-7H,8-9H2,1H3,(H,19,20). The summed E-state index contributed by atoms with van der Waals surface area (Å²) in [6.07, 6.45) is 0.678. The van der Waals surface area contributed by atoms with Gasteiger partial charge in [-0.15, -0.1) is 0 Å². The monoisotopic (exact) mass is 335 g/mol. The molecule has 1 heterocycles. The second kappa shape index (κ2) is 6.05. The first-order chi connectivity index (χ1) is 9.49. The number of benzene rings is 1. The highest BCUT2D eigenvalue weighted by Gasteiger charge is 2.05. The summed E-state index contributed by atoms with van der Waals surface area (Å²) in [5.74, 6) is -0.935. The summed E-state index contributed by atoms with van der Waals surface area (Å²) < 4.78 is 2.25. The number of halogens is 1. The van der Waals surface area contributed by atoms with Crippen LogP contribution >= 0.6 is 15.9 Å². The van der Waals surface area contributed by atoms with Gasteiger partial charge in [-0.25, -0.2) is 4.79 Å². The summed E-state index contributed by atoms with van der Waals surface area (Å²) in [5, 5.41) is 8.84. The molecule has 0 fully saturated rings. The van der Waals surface area contributed by atoms with Gasteiger partial charge >= 0.3 is 5.97 Å². The number of carbonyl (C=O) groups is 1. The van der Waals surface area contributed by atoms with Gasteiger partial charge in [-0.2, -0.15) is 0 Å². The fourth-order valence-corrected chi connectivity index (χ4v) is 2.32. The van der Waals surface area contributed by atoms with Gasteiger partial charge < -0.3 is 9.67 Å². The van der Waals surface area contributed by atoms with E-state index < -0.39 is 5.97 Å². The molecule has 1 aromatic heterocycles. The first-order valence-electron chi connectivity index (χ1n) is 6.17. The zero-order valence-electron chi connectivity index (χ0n) is 11.0. The van der Waals surface area contributed by atoms with Crippen molar-refractivity contribution in [2.24, 2.45) is 0 Å². The molecule has 2 aromatic rings. The van der Waals surface area contributed by atoms with Crippen LogP contribution < -0.4 is 5.56 Å². The van der Waals surface area contributed by atoms with E-state index in [4.69, 9.17) is 5.11 Å². The van der Waals surface area contributed by atoms with Crippen molar-refractivity contribution in [3.63, 3.8) is 0 Å². The lowest BCUT2D eigenvalue weighted by molar-refractivity contribution is 0.0697. The highest BCUT2D eigenvalue weighted by molar-refractivity contribution is 9.10. The number of aromatic nitrogens is 1. The van der Waals surface area contributed by atoms with Gasteiger partial charge in [0.1, 0.15) is 0 Å². The van der Waals surface area contributed by atoms with Crippen molar-refractivity contribution in [3.8, 4) is 0 Å². The average Bonchev–Trinajstić information content (AvgIpc) is 2.43. The number of hydrogen-bond acceptors (Lipinski definition) is 2. The van der Waals surface area contributed by atoms with Crippen LogP contribution in [-0.2, 0) is 13.0 Å². The van der Waals surface area contributed by atoms with Crippen LogP contribution in [0.15, 0.2) is 45.7 Å². The normalized spacial score (nSPS) is 10.5. The number of nitrogens with zero attached hydrogens (tertiary/aromatic N) is 1. The Balaban J connectivity index is 2.15. The number of pyridine rings is 1. The first-order valence-corrected chi connectivity index (χ1v) is 6.96. The Kier molecular flexibility index (Phi) is 4.39. The van der Waals surface area contributed by atoms with Crippen LogP contribution in [0.4, 0.5) is 0 Å². The lowest BCUT2D eigenvalue weighted by atomic mass is 10.1. The quantitative estimate of drug-likeness (QED) is 0.934. The van der Waals surface area contributed by atoms with E-state index in [0.29, 0.717) is 17.4 Å². The van der Waals surface area contributed by atoms with Gasteiger partial charge in [0, 0.05) is 12.2 Å². The second-order valence-corrected chi connectivity index (χ2v) is 5.39. The number of carboxylic acid groups (broad SMARTS) is 1. The van der Waals surface area contributed by atoms with Gasteiger partial charge in [-0.3, -0.25) is 4.79 Å². The Morgan fingerprint density at radius 1 is 1.20 bits per heavy atom. The number of carboxylic acids is 1. The molecule has 0 bridgehead atoms. The summed E-state index contributed by atoms with van der Waals surface area (Å²) in [7, 11) is 0. The summed E-state index contributed by atoms with van der Waals surface area (Å²) in [6, 6.07) is 10.3. The van der Waals surface area contributed by atoms with Crippen molar-refractivity contribution in [2.45, 2.75) is 19.9 Å². The molecule has 0 saturated heterocycles. The topological polar surface area (TPSA) is 59.3 Å². The van der Waals surface area contributed by atoms with Crippen molar-refractivity contribution in [2.75, 3.05) is 0 Å². The molecule has 0 spiro atoms. The number of aryl methyl sites for hydroxylation is 2. The van der Waals surface area contributed by atoms with Crippen molar-refractivity contribution < 1.29 is 9.90 Å². The minimum atomic E-state index is -0.935. The van der Waals surface area contributed by atoms with Gasteiger partial charge in [-0.1, -0.05) is 12.1 Å². The molecule has 104 valence electrons. The Morgan fingerprint density at radius 3 is 2.45 bits per heavy atom. The van der Waals surface area contributed by atoms with Gasteiger partial charge in [0.15, 0.2) is 0 Å². The first kappa shape index (κ1) is 14.5. The molecular weight excluding hydrogens is 322 g/mol. The van der Waals surface area contributed by atoms with Crippen LogP contribution in [0.25, 0.3) is 0 Å². The van der Waals surface area contributed by atoms with Crippen LogP contribution in [0, 0.1) is 6.92 Å². The lowest BCUT2D eigenvalue weighted by Gasteiger charge is -2.10. The predicted molar refractivity (Wildman–Crippen MR) is 80.2 cm³/mol. The molecule has 0 aliphatic rings. The number of hydrogen-bond donors (Lipinski definition) is 1. The van der Waals surface area contributed by atoms with Crippen LogP contribution in [0.5, 0.6) is 0 Å². The predicted octanol–water partition coefficient (Wildman–Crippen LogP) is 2.86. The van der Waals surface area contributed by atoms with Crippen molar-refractivity contribution in [1.82, 2.24) is 4.57 Å². The minimum absolute atomic E-state index is 0.0489. The Morgan fingerprint density at radius 2 is 1.85 bits per heavy atom. The van der Waals surface area contributed by atoms with Crippen LogP contribution in [-0.4, -0.2) is 15.6 Å². The van der Waals surface area contributed by atoms with E-state index in [0.717, 1.165) is 11.3 Å². The fourth-order valence-electron chi connectivity index (χ4n) is 1.98. The highest BCUT2D eigenvalue weighted by Crippen LogP contribution is 2.09. The van der Waals surface area contributed by atoms with Gasteiger partial charge in [-0.05, 0) is 59.1 Å². The lowest BCUT2D eigenvalue weighted by Crippen LogP contribution is -2.23. The van der Waals surface area contributed by atoms with Crippen molar-refractivity contribution >= 4 is 21.9 Å². The van der Waals surface area contributed by atoms with Crippen LogP contribution in [0.1, 0.15) is 21.6 Å². The minimum Gasteiger partial charge on any atom is -0.478 e. The molecule has 0 radical (unpaired) electrons. The zero-order chi connectivity index (χ0) is 14.7. The summed E-state index contributed by atoms with van der Waals surface area (Å²) in [6.45, 7) is 2.46. The third kappa shape index (κ3) is 3.17. The molecular formula is C15H14BrNO3. The Labute approximate surface area is 124 Å². The van der Waals surface area contributed by atoms with Gasteiger partial charge in [0.05, 0.1) is 10.0 Å². The highest BCUT2D eigenvalue weighted by atomic mass is 79.9. The maximum Gasteiger partial charge on any atom is 0.335 e. The third-order valence-corrected chi connectivity index (χ3v) is 3.77. The zero-order valence-corrected chi connectivity index (χ0v) is 12.6. The van der Waals surface area contributed by atoms with E-state index in [1.54, 1.807) is 34.9 Å². The van der Waals surface area contributed by atoms with E-state index in [9.17, 15) is 9.59 Å². The second-order valence-electron chi connectivity index (χ2n) is 4.53. The van der Waals surface area contributed by atoms with Crippen LogP contribution in [0.3, 0.4) is 0 Å². The molecule has 0 atom stereocenters. The van der Waals surface area contributed by atoms with Crippen molar-refractivity contribution in [1.29, 1.82) is 0 Å². The number of rotatable bonds is 4. The summed E-state index contributed by atoms with van der Waals surface area (Å²) in [5.41, 5.74) is 2.12. The van der Waals surface area contributed by atoms with E-state index in [1.165, 1.54) is 0 Å². The Bertz CT molecular complexity index is 689. The largest absolute Gasteiger partial charge is 0.478 e. The smallest absolute Gasteiger partial charge is 0.335 e. The molecule has 2 rings (SSSR count). The van der Waals surface area contributed by atoms with E-state index >= 15 is 0 Å². The maximum atomic E-state index is 12.0. The molecule has 4 nitrogen and oxygen atoms in total. The van der Waals surface area contributed by atoms with E-state index in [2.05, 4.69) is 15.9 Å². The third-order valence-electron chi connectivity index (χ3n) is 3.17. The molecule has 0 aliphatic carbocycles. The molecule has 0 aliphatic heterocycles. The fraction of sp³-hybridized carbons (Fsp3) is 0.200. The van der Waals surface area contributed by atoms with Gasteiger partial charge in [0.2, 0.25) is 0 Å². The SMILES string of the molecule is Cc1ccc(Br)c(=O)n1CCc1ccc(C(=O)O)cc1. The maximum absolute atomic E-state index is 12.0. The van der Waals surface area contributed by atoms with Crippen molar-refractivity contribution in [3.05, 3.63) is 68.0 Å². The summed E-state index contributed by atoms with van der Waals surface area (Å²) >= 11 is 3.23. The average molecular weight is 336 g/mol.